The molecule has 2 aliphatic heterocycles. The molecule has 156 valence electrons. The first-order valence-electron chi connectivity index (χ1n) is 10.3. The third-order valence-corrected chi connectivity index (χ3v) is 5.54. The molecule has 1 N–H and O–H groups in total. The number of guanidine groups is 1. The largest absolute Gasteiger partial charge is 0.381 e. The molecule has 7 heteroatoms. The van der Waals surface area contributed by atoms with Gasteiger partial charge in [0.05, 0.1) is 13.2 Å². The highest BCUT2D eigenvalue weighted by atomic mass is 35.5. The standard InChI is InChI=1S/C21H33ClN4O2/c1-23-21(24-7-3-12-27-16-19-6-13-28-17-19)26-10-8-25(9-11-26)15-18-4-2-5-20(22)14-18/h2,4-5,14,19H,3,6-13,15-17H2,1H3,(H,23,24). The van der Waals surface area contributed by atoms with Gasteiger partial charge < -0.3 is 19.7 Å². The number of nitrogens with one attached hydrogen (secondary N) is 1. The van der Waals surface area contributed by atoms with E-state index in [1.165, 1.54) is 5.56 Å². The molecule has 1 atom stereocenters. The van der Waals surface area contributed by atoms with E-state index in [2.05, 4.69) is 32.2 Å². The number of benzene rings is 1. The van der Waals surface area contributed by atoms with Crippen molar-refractivity contribution in [3.8, 4) is 0 Å². The molecule has 3 rings (SSSR count). The second-order valence-corrected chi connectivity index (χ2v) is 7.96. The molecule has 2 aliphatic rings. The molecule has 0 bridgehead atoms. The van der Waals surface area contributed by atoms with Crippen LogP contribution in [-0.4, -0.2) is 82.0 Å². The number of hydrogen-bond acceptors (Lipinski definition) is 4. The summed E-state index contributed by atoms with van der Waals surface area (Å²) in [5, 5.41) is 4.28. The quantitative estimate of drug-likeness (QED) is 0.407. The minimum absolute atomic E-state index is 0.587. The number of aliphatic imine (C=N–C) groups is 1. The minimum atomic E-state index is 0.587. The third kappa shape index (κ3) is 6.92. The van der Waals surface area contributed by atoms with Crippen LogP contribution in [0.5, 0.6) is 0 Å². The van der Waals surface area contributed by atoms with Gasteiger partial charge in [0.15, 0.2) is 5.96 Å². The van der Waals surface area contributed by atoms with Gasteiger partial charge in [0.1, 0.15) is 0 Å². The fourth-order valence-electron chi connectivity index (χ4n) is 3.68. The zero-order valence-corrected chi connectivity index (χ0v) is 17.7. The van der Waals surface area contributed by atoms with Crippen molar-refractivity contribution in [1.29, 1.82) is 0 Å². The Hall–Kier alpha value is -1.34. The second kappa shape index (κ2) is 11.6. The van der Waals surface area contributed by atoms with E-state index in [-0.39, 0.29) is 0 Å². The van der Waals surface area contributed by atoms with Crippen LogP contribution < -0.4 is 5.32 Å². The van der Waals surface area contributed by atoms with Gasteiger partial charge in [0.25, 0.3) is 0 Å². The van der Waals surface area contributed by atoms with E-state index in [1.807, 2.05) is 19.2 Å². The van der Waals surface area contributed by atoms with Crippen LogP contribution in [0, 0.1) is 5.92 Å². The predicted octanol–water partition coefficient (Wildman–Crippen LogP) is 2.48. The monoisotopic (exact) mass is 408 g/mol. The Morgan fingerprint density at radius 2 is 2.18 bits per heavy atom. The molecule has 6 nitrogen and oxygen atoms in total. The maximum Gasteiger partial charge on any atom is 0.193 e. The number of nitrogens with zero attached hydrogens (tertiary/aromatic N) is 3. The first kappa shape index (κ1) is 21.4. The molecule has 2 heterocycles. The smallest absolute Gasteiger partial charge is 0.193 e. The fraction of sp³-hybridized carbons (Fsp3) is 0.667. The lowest BCUT2D eigenvalue weighted by atomic mass is 10.1. The van der Waals surface area contributed by atoms with Gasteiger partial charge in [0, 0.05) is 70.5 Å². The molecule has 1 unspecified atom stereocenters. The summed E-state index contributed by atoms with van der Waals surface area (Å²) in [6.45, 7) is 9.21. The minimum Gasteiger partial charge on any atom is -0.381 e. The lowest BCUT2D eigenvalue weighted by Crippen LogP contribution is -2.52. The molecule has 0 spiro atoms. The van der Waals surface area contributed by atoms with E-state index in [0.29, 0.717) is 5.92 Å². The molecular formula is C21H33ClN4O2. The molecule has 0 saturated carbocycles. The molecule has 2 saturated heterocycles. The van der Waals surface area contributed by atoms with Gasteiger partial charge in [-0.2, -0.15) is 0 Å². The summed E-state index contributed by atoms with van der Waals surface area (Å²) in [6.07, 6.45) is 2.12. The Labute approximate surface area is 173 Å². The van der Waals surface area contributed by atoms with Crippen LogP contribution in [0.4, 0.5) is 0 Å². The molecular weight excluding hydrogens is 376 g/mol. The highest BCUT2D eigenvalue weighted by Gasteiger charge is 2.19. The van der Waals surface area contributed by atoms with Gasteiger partial charge in [-0.15, -0.1) is 0 Å². The molecule has 0 radical (unpaired) electrons. The number of rotatable bonds is 8. The summed E-state index contributed by atoms with van der Waals surface area (Å²) in [5.74, 6) is 1.58. The van der Waals surface area contributed by atoms with Crippen LogP contribution in [0.15, 0.2) is 29.3 Å². The molecule has 2 fully saturated rings. The van der Waals surface area contributed by atoms with Crippen molar-refractivity contribution in [2.45, 2.75) is 19.4 Å². The first-order chi connectivity index (χ1) is 13.7. The predicted molar refractivity (Wildman–Crippen MR) is 114 cm³/mol. The second-order valence-electron chi connectivity index (χ2n) is 7.53. The Morgan fingerprint density at radius 3 is 2.89 bits per heavy atom. The van der Waals surface area contributed by atoms with Crippen LogP contribution in [0.3, 0.4) is 0 Å². The maximum atomic E-state index is 6.09. The van der Waals surface area contributed by atoms with Crippen molar-refractivity contribution in [2.75, 3.05) is 66.2 Å². The number of ether oxygens (including phenoxy) is 2. The van der Waals surface area contributed by atoms with Gasteiger partial charge in [-0.1, -0.05) is 23.7 Å². The normalized spacial score (nSPS) is 21.3. The van der Waals surface area contributed by atoms with E-state index >= 15 is 0 Å². The molecule has 0 aromatic heterocycles. The van der Waals surface area contributed by atoms with E-state index in [1.54, 1.807) is 0 Å². The fourth-order valence-corrected chi connectivity index (χ4v) is 3.90. The SMILES string of the molecule is CN=C(NCCCOCC1CCOC1)N1CCN(Cc2cccc(Cl)c2)CC1. The van der Waals surface area contributed by atoms with Crippen LogP contribution in [-0.2, 0) is 16.0 Å². The van der Waals surface area contributed by atoms with Crippen molar-refractivity contribution in [3.63, 3.8) is 0 Å². The average molecular weight is 409 g/mol. The summed E-state index contributed by atoms with van der Waals surface area (Å²) in [4.78, 5) is 9.26. The third-order valence-electron chi connectivity index (χ3n) is 5.30. The zero-order valence-electron chi connectivity index (χ0n) is 16.9. The van der Waals surface area contributed by atoms with Gasteiger partial charge in [-0.3, -0.25) is 9.89 Å². The van der Waals surface area contributed by atoms with Crippen molar-refractivity contribution in [3.05, 3.63) is 34.9 Å². The lowest BCUT2D eigenvalue weighted by Gasteiger charge is -2.36. The molecule has 28 heavy (non-hydrogen) atoms. The average Bonchev–Trinajstić information content (AvgIpc) is 3.22. The number of piperazine rings is 1. The van der Waals surface area contributed by atoms with E-state index in [0.717, 1.165) is 89.5 Å². The van der Waals surface area contributed by atoms with Gasteiger partial charge >= 0.3 is 0 Å². The van der Waals surface area contributed by atoms with Crippen LogP contribution >= 0.6 is 11.6 Å². The van der Waals surface area contributed by atoms with Crippen LogP contribution in [0.1, 0.15) is 18.4 Å². The number of hydrogen-bond donors (Lipinski definition) is 1. The summed E-state index contributed by atoms with van der Waals surface area (Å²) < 4.78 is 11.1. The molecule has 0 aliphatic carbocycles. The Balaban J connectivity index is 1.30. The van der Waals surface area contributed by atoms with Crippen molar-refractivity contribution < 1.29 is 9.47 Å². The van der Waals surface area contributed by atoms with E-state index in [9.17, 15) is 0 Å². The van der Waals surface area contributed by atoms with Crippen molar-refractivity contribution in [2.24, 2.45) is 10.9 Å². The van der Waals surface area contributed by atoms with E-state index in [4.69, 9.17) is 21.1 Å². The molecule has 1 aromatic carbocycles. The Bertz CT molecular complexity index is 614. The van der Waals surface area contributed by atoms with E-state index < -0.39 is 0 Å². The van der Waals surface area contributed by atoms with Crippen LogP contribution in [0.2, 0.25) is 5.02 Å². The highest BCUT2D eigenvalue weighted by Crippen LogP contribution is 2.14. The summed E-state index contributed by atoms with van der Waals surface area (Å²) in [5.41, 5.74) is 1.27. The molecule has 1 aromatic rings. The maximum absolute atomic E-state index is 6.09. The molecule has 0 amide bonds. The van der Waals surface area contributed by atoms with Gasteiger partial charge in [-0.25, -0.2) is 0 Å². The summed E-state index contributed by atoms with van der Waals surface area (Å²) in [6, 6.07) is 8.13. The first-order valence-corrected chi connectivity index (χ1v) is 10.7. The Kier molecular flexibility index (Phi) is 8.86. The van der Waals surface area contributed by atoms with Crippen molar-refractivity contribution >= 4 is 17.6 Å². The number of halogens is 1. The lowest BCUT2D eigenvalue weighted by molar-refractivity contribution is 0.0886. The van der Waals surface area contributed by atoms with Crippen molar-refractivity contribution in [1.82, 2.24) is 15.1 Å². The Morgan fingerprint density at radius 1 is 1.32 bits per heavy atom. The summed E-state index contributed by atoms with van der Waals surface area (Å²) >= 11 is 6.09. The van der Waals surface area contributed by atoms with Gasteiger partial charge in [-0.05, 0) is 30.5 Å². The highest BCUT2D eigenvalue weighted by molar-refractivity contribution is 6.30. The summed E-state index contributed by atoms with van der Waals surface area (Å²) in [7, 11) is 1.86. The topological polar surface area (TPSA) is 49.3 Å². The van der Waals surface area contributed by atoms with Crippen LogP contribution in [0.25, 0.3) is 0 Å². The zero-order chi connectivity index (χ0) is 19.6. The van der Waals surface area contributed by atoms with Gasteiger partial charge in [0.2, 0.25) is 0 Å².